The van der Waals surface area contributed by atoms with Gasteiger partial charge in [0, 0.05) is 18.7 Å². The first-order chi connectivity index (χ1) is 15.5. The number of hydrogen-bond donors (Lipinski definition) is 2. The number of aromatic amines is 1. The summed E-state index contributed by atoms with van der Waals surface area (Å²) in [7, 11) is 0. The van der Waals surface area contributed by atoms with Crippen molar-refractivity contribution in [3.05, 3.63) is 64.6 Å². The summed E-state index contributed by atoms with van der Waals surface area (Å²) in [6, 6.07) is 14.2. The highest BCUT2D eigenvalue weighted by Crippen LogP contribution is 2.26. The van der Waals surface area contributed by atoms with E-state index in [1.54, 1.807) is 43.3 Å². The summed E-state index contributed by atoms with van der Waals surface area (Å²) >= 11 is 0. The highest BCUT2D eigenvalue weighted by molar-refractivity contribution is 5.77. The van der Waals surface area contributed by atoms with Crippen LogP contribution in [0.3, 0.4) is 0 Å². The lowest BCUT2D eigenvalue weighted by atomic mass is 10.1. The Kier molecular flexibility index (Phi) is 6.54. The van der Waals surface area contributed by atoms with Gasteiger partial charge in [-0.2, -0.15) is 4.98 Å². The second kappa shape index (κ2) is 9.68. The van der Waals surface area contributed by atoms with Crippen LogP contribution in [-0.2, 0) is 4.79 Å². The Balaban J connectivity index is 1.46. The van der Waals surface area contributed by atoms with Crippen LogP contribution < -0.4 is 10.4 Å². The number of phenols is 1. The highest BCUT2D eigenvalue weighted by atomic mass is 16.5. The average molecular weight is 434 g/mol. The minimum Gasteiger partial charge on any atom is -0.508 e. The Hall–Kier alpha value is -3.61. The largest absolute Gasteiger partial charge is 0.508 e. The Morgan fingerprint density at radius 3 is 2.41 bits per heavy atom. The molecule has 1 fully saturated rings. The number of carbonyl (C=O) groups excluding carboxylic acids is 1. The number of nitrogens with one attached hydrogen (secondary N) is 1. The molecule has 0 saturated carbocycles. The molecule has 3 aromatic rings. The molecule has 7 nitrogen and oxygen atoms in total. The predicted molar refractivity (Wildman–Crippen MR) is 123 cm³/mol. The van der Waals surface area contributed by atoms with Crippen LogP contribution in [0.15, 0.2) is 53.3 Å². The number of hydrogen-bond acceptors (Lipinski definition) is 5. The molecule has 4 rings (SSSR count). The van der Waals surface area contributed by atoms with Crippen molar-refractivity contribution < 1.29 is 14.6 Å². The van der Waals surface area contributed by atoms with Gasteiger partial charge in [0.25, 0.3) is 5.91 Å². The molecule has 1 aromatic heterocycles. The molecule has 1 aliphatic rings. The normalized spacial score (nSPS) is 14.1. The predicted octanol–water partition coefficient (Wildman–Crippen LogP) is 3.90. The lowest BCUT2D eigenvalue weighted by molar-refractivity contribution is -0.133. The van der Waals surface area contributed by atoms with Gasteiger partial charge in [-0.25, -0.2) is 4.79 Å². The van der Waals surface area contributed by atoms with Crippen LogP contribution >= 0.6 is 0 Å². The maximum Gasteiger partial charge on any atom is 0.345 e. The topological polar surface area (TPSA) is 95.5 Å². The molecule has 1 amide bonds. The summed E-state index contributed by atoms with van der Waals surface area (Å²) < 4.78 is 5.69. The molecule has 0 aliphatic carbocycles. The number of aromatic nitrogens is 2. The molecule has 2 N–H and O–H groups in total. The van der Waals surface area contributed by atoms with Crippen LogP contribution in [0.5, 0.6) is 11.5 Å². The SMILES string of the molecule is Cc1cc(-c2cc(-c3ccc(OCC(=O)N4CCCCCC4)cc3)[nH]c(=O)n2)ccc1O. The summed E-state index contributed by atoms with van der Waals surface area (Å²) in [6.07, 6.45) is 4.46. The van der Waals surface area contributed by atoms with Gasteiger partial charge in [-0.1, -0.05) is 12.8 Å². The number of likely N-dealkylation sites (tertiary alicyclic amines) is 1. The van der Waals surface area contributed by atoms with Crippen molar-refractivity contribution in [2.45, 2.75) is 32.6 Å². The third kappa shape index (κ3) is 5.17. The molecule has 1 aliphatic heterocycles. The molecular formula is C25H27N3O4. The van der Waals surface area contributed by atoms with E-state index >= 15 is 0 Å². The number of carbonyl (C=O) groups is 1. The number of aryl methyl sites for hydroxylation is 1. The fraction of sp³-hybridized carbons (Fsp3) is 0.320. The molecule has 0 radical (unpaired) electrons. The first-order valence-corrected chi connectivity index (χ1v) is 10.9. The molecule has 0 spiro atoms. The zero-order chi connectivity index (χ0) is 22.5. The van der Waals surface area contributed by atoms with Gasteiger partial charge in [-0.05, 0) is 79.4 Å². The van der Waals surface area contributed by atoms with Crippen molar-refractivity contribution in [2.24, 2.45) is 0 Å². The minimum atomic E-state index is -0.452. The van der Waals surface area contributed by atoms with E-state index in [9.17, 15) is 14.7 Å². The van der Waals surface area contributed by atoms with Crippen molar-refractivity contribution in [2.75, 3.05) is 19.7 Å². The molecule has 7 heteroatoms. The fourth-order valence-corrected chi connectivity index (χ4v) is 3.86. The molecule has 0 unspecified atom stereocenters. The van der Waals surface area contributed by atoms with Crippen molar-refractivity contribution in [3.63, 3.8) is 0 Å². The van der Waals surface area contributed by atoms with Crippen LogP contribution in [0.4, 0.5) is 0 Å². The fourth-order valence-electron chi connectivity index (χ4n) is 3.86. The second-order valence-corrected chi connectivity index (χ2v) is 8.09. The van der Waals surface area contributed by atoms with E-state index in [1.165, 1.54) is 12.8 Å². The molecule has 0 bridgehead atoms. The van der Waals surface area contributed by atoms with Gasteiger partial charge in [0.1, 0.15) is 11.5 Å². The molecule has 2 heterocycles. The average Bonchev–Trinajstić information content (AvgIpc) is 3.09. The molecule has 0 atom stereocenters. The standard InChI is InChI=1S/C25H27N3O4/c1-17-14-19(8-11-23(17)29)22-15-21(26-25(31)27-22)18-6-9-20(10-7-18)32-16-24(30)28-12-4-2-3-5-13-28/h6-11,14-15,29H,2-5,12-13,16H2,1H3,(H,26,27,31). The van der Waals surface area contributed by atoms with Crippen LogP contribution in [0.25, 0.3) is 22.5 Å². The third-order valence-corrected chi connectivity index (χ3v) is 5.72. The van der Waals surface area contributed by atoms with Gasteiger partial charge in [0.15, 0.2) is 6.61 Å². The van der Waals surface area contributed by atoms with Crippen molar-refractivity contribution in [3.8, 4) is 34.0 Å². The zero-order valence-electron chi connectivity index (χ0n) is 18.1. The molecular weight excluding hydrogens is 406 g/mol. The van der Waals surface area contributed by atoms with Crippen molar-refractivity contribution in [1.82, 2.24) is 14.9 Å². The summed E-state index contributed by atoms with van der Waals surface area (Å²) in [5.74, 6) is 0.815. The van der Waals surface area contributed by atoms with Gasteiger partial charge < -0.3 is 19.7 Å². The Morgan fingerprint density at radius 1 is 1.03 bits per heavy atom. The maximum absolute atomic E-state index is 12.4. The second-order valence-electron chi connectivity index (χ2n) is 8.09. The number of ether oxygens (including phenoxy) is 1. The Bertz CT molecular complexity index is 1150. The molecule has 32 heavy (non-hydrogen) atoms. The van der Waals surface area contributed by atoms with Crippen LogP contribution in [0.1, 0.15) is 31.2 Å². The Morgan fingerprint density at radius 2 is 1.72 bits per heavy atom. The number of benzene rings is 2. The van der Waals surface area contributed by atoms with Crippen molar-refractivity contribution in [1.29, 1.82) is 0 Å². The number of aromatic hydroxyl groups is 1. The lowest BCUT2D eigenvalue weighted by Gasteiger charge is -2.20. The number of nitrogens with zero attached hydrogens (tertiary/aromatic N) is 2. The van der Waals surface area contributed by atoms with Gasteiger partial charge in [0.05, 0.1) is 11.4 Å². The molecule has 1 saturated heterocycles. The van der Waals surface area contributed by atoms with E-state index in [0.29, 0.717) is 22.7 Å². The van der Waals surface area contributed by atoms with E-state index < -0.39 is 5.69 Å². The summed E-state index contributed by atoms with van der Waals surface area (Å²) in [5.41, 5.74) is 2.95. The third-order valence-electron chi connectivity index (χ3n) is 5.72. The van der Waals surface area contributed by atoms with E-state index in [4.69, 9.17) is 4.74 Å². The number of amides is 1. The smallest absolute Gasteiger partial charge is 0.345 e. The zero-order valence-corrected chi connectivity index (χ0v) is 18.1. The summed E-state index contributed by atoms with van der Waals surface area (Å²) in [4.78, 5) is 33.3. The Labute approximate surface area is 186 Å². The van der Waals surface area contributed by atoms with Crippen LogP contribution in [-0.4, -0.2) is 45.6 Å². The van der Waals surface area contributed by atoms with Crippen molar-refractivity contribution >= 4 is 5.91 Å². The number of H-pyrrole nitrogens is 1. The van der Waals surface area contributed by atoms with Crippen LogP contribution in [0.2, 0.25) is 0 Å². The van der Waals surface area contributed by atoms with Gasteiger partial charge >= 0.3 is 5.69 Å². The highest BCUT2D eigenvalue weighted by Gasteiger charge is 2.16. The lowest BCUT2D eigenvalue weighted by Crippen LogP contribution is -2.35. The first kappa shape index (κ1) is 21.6. The summed E-state index contributed by atoms with van der Waals surface area (Å²) in [5, 5.41) is 9.74. The van der Waals surface area contributed by atoms with Crippen LogP contribution in [0, 0.1) is 6.92 Å². The summed E-state index contributed by atoms with van der Waals surface area (Å²) in [6.45, 7) is 3.43. The molecule has 166 valence electrons. The monoisotopic (exact) mass is 433 g/mol. The minimum absolute atomic E-state index is 0.0169. The van der Waals surface area contributed by atoms with Gasteiger partial charge in [0.2, 0.25) is 0 Å². The van der Waals surface area contributed by atoms with E-state index in [0.717, 1.165) is 37.1 Å². The van der Waals surface area contributed by atoms with E-state index in [2.05, 4.69) is 9.97 Å². The van der Waals surface area contributed by atoms with Gasteiger partial charge in [-0.15, -0.1) is 0 Å². The molecule has 2 aromatic carbocycles. The van der Waals surface area contributed by atoms with E-state index in [-0.39, 0.29) is 18.3 Å². The number of rotatable bonds is 5. The maximum atomic E-state index is 12.4. The van der Waals surface area contributed by atoms with E-state index in [1.807, 2.05) is 17.0 Å². The quantitative estimate of drug-likeness (QED) is 0.636. The number of phenolic OH excluding ortho intramolecular Hbond substituents is 1. The first-order valence-electron chi connectivity index (χ1n) is 10.9. The van der Waals surface area contributed by atoms with Gasteiger partial charge in [-0.3, -0.25) is 4.79 Å².